The van der Waals surface area contributed by atoms with E-state index >= 15 is 0 Å². The molecule has 0 spiro atoms. The SMILES string of the molecule is CC(C)c1cc(-c2ccccc2)cc(C(C)C)c1-n1c(-c2[c-]oc3ccc(-n4cccc4)cc23)nc2ccccc21.CCC(=O)/C=C(\O)CC.[Ir]. The zero-order valence-corrected chi connectivity index (χ0v) is 32.4. The minimum Gasteiger partial charge on any atom is -0.557 e. The van der Waals surface area contributed by atoms with Crippen LogP contribution in [0.1, 0.15) is 77.3 Å². The predicted molar refractivity (Wildman–Crippen MR) is 204 cm³/mol. The molecule has 0 saturated heterocycles. The molecular formula is C44H44IrN3O3-. The molecule has 0 bridgehead atoms. The van der Waals surface area contributed by atoms with Crippen LogP contribution >= 0.6 is 0 Å². The number of ketones is 1. The second-order valence-corrected chi connectivity index (χ2v) is 13.1. The van der Waals surface area contributed by atoms with Crippen LogP contribution < -0.4 is 0 Å². The Bertz CT molecular complexity index is 2250. The molecule has 7 rings (SSSR count). The van der Waals surface area contributed by atoms with Crippen molar-refractivity contribution in [3.63, 3.8) is 0 Å². The van der Waals surface area contributed by atoms with Gasteiger partial charge in [-0.25, -0.2) is 0 Å². The van der Waals surface area contributed by atoms with Crippen LogP contribution in [0.4, 0.5) is 0 Å². The van der Waals surface area contributed by atoms with E-state index in [1.54, 1.807) is 13.8 Å². The number of aromatic nitrogens is 3. The van der Waals surface area contributed by atoms with Crippen molar-refractivity contribution in [2.75, 3.05) is 0 Å². The van der Waals surface area contributed by atoms with Gasteiger partial charge in [0.05, 0.1) is 22.6 Å². The van der Waals surface area contributed by atoms with E-state index in [1.807, 2.05) is 18.2 Å². The summed E-state index contributed by atoms with van der Waals surface area (Å²) in [5.41, 5.74) is 11.0. The molecule has 6 nitrogen and oxygen atoms in total. The van der Waals surface area contributed by atoms with Crippen LogP contribution in [-0.2, 0) is 24.9 Å². The van der Waals surface area contributed by atoms with Crippen molar-refractivity contribution in [3.05, 3.63) is 139 Å². The molecule has 0 fully saturated rings. The van der Waals surface area contributed by atoms with Gasteiger partial charge in [-0.05, 0) is 76.6 Å². The van der Waals surface area contributed by atoms with Crippen LogP contribution in [0.15, 0.2) is 126 Å². The second kappa shape index (κ2) is 16.4. The number of fused-ring (bicyclic) bond motifs is 2. The standard InChI is InChI=1S/C37H32N3O.C7H12O2.Ir/c1-24(2)29-20-27(26-12-6-5-7-13-26)21-30(25(3)4)36(29)40-34-15-9-8-14-33(34)38-37(40)32-23-41-35-17-16-28(22-31(32)35)39-18-10-11-19-39;1-3-6(8)5-7(9)4-2;/h5-22,24-25H,1-4H3;5,8H,3-4H2,1-2H3;/q-1;;/b;6-5-;. The fourth-order valence-electron chi connectivity index (χ4n) is 6.22. The maximum absolute atomic E-state index is 10.5. The number of allylic oxidation sites excluding steroid dienone is 2. The average molecular weight is 855 g/mol. The molecule has 1 N–H and O–H groups in total. The summed E-state index contributed by atoms with van der Waals surface area (Å²) in [6.45, 7) is 12.7. The van der Waals surface area contributed by atoms with E-state index in [2.05, 4.69) is 134 Å². The molecule has 7 heteroatoms. The molecule has 0 aliphatic rings. The Morgan fingerprint density at radius 1 is 0.824 bits per heavy atom. The number of rotatable bonds is 9. The van der Waals surface area contributed by atoms with Crippen LogP contribution in [0, 0.1) is 6.26 Å². The Hall–Kier alpha value is -4.97. The number of furan rings is 1. The Kier molecular flexibility index (Phi) is 12.0. The van der Waals surface area contributed by atoms with Crippen LogP contribution in [-0.4, -0.2) is 25.0 Å². The summed E-state index contributed by atoms with van der Waals surface area (Å²) in [4.78, 5) is 15.8. The number of carbonyl (C=O) groups excluding carboxylic acids is 1. The van der Waals surface area contributed by atoms with Gasteiger partial charge in [0.2, 0.25) is 0 Å². The minimum atomic E-state index is -0.0191. The van der Waals surface area contributed by atoms with Gasteiger partial charge >= 0.3 is 0 Å². The fourth-order valence-corrected chi connectivity index (χ4v) is 6.22. The van der Waals surface area contributed by atoms with E-state index < -0.39 is 0 Å². The monoisotopic (exact) mass is 855 g/mol. The molecule has 51 heavy (non-hydrogen) atoms. The van der Waals surface area contributed by atoms with Gasteiger partial charge in [0.1, 0.15) is 0 Å². The summed E-state index contributed by atoms with van der Waals surface area (Å²) in [5.74, 6) is 1.58. The summed E-state index contributed by atoms with van der Waals surface area (Å²) in [5, 5.41) is 9.79. The molecule has 3 heterocycles. The predicted octanol–water partition coefficient (Wildman–Crippen LogP) is 11.8. The Balaban J connectivity index is 0.000000448. The van der Waals surface area contributed by atoms with Crippen LogP contribution in [0.5, 0.6) is 0 Å². The Labute approximate surface area is 313 Å². The van der Waals surface area contributed by atoms with Gasteiger partial charge in [-0.2, -0.15) is 0 Å². The normalized spacial score (nSPS) is 11.6. The summed E-state index contributed by atoms with van der Waals surface area (Å²) in [6.07, 6.45) is 9.62. The van der Waals surface area contributed by atoms with Crippen LogP contribution in [0.2, 0.25) is 0 Å². The van der Waals surface area contributed by atoms with Gasteiger partial charge < -0.3 is 18.7 Å². The van der Waals surface area contributed by atoms with E-state index in [-0.39, 0.29) is 31.6 Å². The molecule has 0 atom stereocenters. The third-order valence-corrected chi connectivity index (χ3v) is 8.96. The van der Waals surface area contributed by atoms with Gasteiger partial charge in [0.25, 0.3) is 0 Å². The number of imidazole rings is 1. The number of hydrogen-bond acceptors (Lipinski definition) is 4. The molecule has 4 aromatic carbocycles. The number of aliphatic hydroxyl groups is 1. The van der Waals surface area contributed by atoms with Gasteiger partial charge in [-0.3, -0.25) is 9.78 Å². The number of nitrogens with zero attached hydrogens (tertiary/aromatic N) is 3. The minimum absolute atomic E-state index is 0. The zero-order valence-electron chi connectivity index (χ0n) is 30.0. The van der Waals surface area contributed by atoms with Crippen molar-refractivity contribution in [1.82, 2.24) is 14.1 Å². The molecule has 0 aliphatic heterocycles. The summed E-state index contributed by atoms with van der Waals surface area (Å²) in [7, 11) is 0. The van der Waals surface area contributed by atoms with Crippen LogP contribution in [0.3, 0.4) is 0 Å². The van der Waals surface area contributed by atoms with Gasteiger partial charge in [-0.15, -0.1) is 0 Å². The first-order valence-electron chi connectivity index (χ1n) is 17.4. The molecule has 3 aromatic heterocycles. The molecule has 0 unspecified atom stereocenters. The number of carbonyl (C=O) groups is 1. The largest absolute Gasteiger partial charge is 0.557 e. The third kappa shape index (κ3) is 7.85. The second-order valence-electron chi connectivity index (χ2n) is 13.1. The summed E-state index contributed by atoms with van der Waals surface area (Å²) < 4.78 is 10.5. The molecule has 0 aliphatic carbocycles. The smallest absolute Gasteiger partial charge is 0.158 e. The van der Waals surface area contributed by atoms with Crippen molar-refractivity contribution >= 4 is 27.8 Å². The van der Waals surface area contributed by atoms with E-state index in [0.717, 1.165) is 39.1 Å². The topological polar surface area (TPSA) is 73.2 Å². The van der Waals surface area contributed by atoms with Gasteiger partial charge in [0, 0.05) is 74.6 Å². The molecule has 0 amide bonds. The van der Waals surface area contributed by atoms with Crippen molar-refractivity contribution in [2.45, 2.75) is 66.2 Å². The van der Waals surface area contributed by atoms with E-state index in [1.165, 1.54) is 34.0 Å². The number of para-hydroxylation sites is 2. The maximum atomic E-state index is 10.5. The number of hydrogen-bond donors (Lipinski definition) is 1. The van der Waals surface area contributed by atoms with Gasteiger partial charge in [0.15, 0.2) is 5.78 Å². The molecule has 0 saturated carbocycles. The van der Waals surface area contributed by atoms with Crippen molar-refractivity contribution in [2.24, 2.45) is 0 Å². The fraction of sp³-hybridized carbons (Fsp3) is 0.227. The van der Waals surface area contributed by atoms with Crippen molar-refractivity contribution in [1.29, 1.82) is 0 Å². The molecule has 263 valence electrons. The Morgan fingerprint density at radius 2 is 1.47 bits per heavy atom. The summed E-state index contributed by atoms with van der Waals surface area (Å²) in [6, 6.07) is 34.1. The van der Waals surface area contributed by atoms with Gasteiger partial charge in [-0.1, -0.05) is 107 Å². The van der Waals surface area contributed by atoms with E-state index in [9.17, 15) is 4.79 Å². The molecule has 1 radical (unpaired) electrons. The van der Waals surface area contributed by atoms with E-state index in [0.29, 0.717) is 24.7 Å². The third-order valence-electron chi connectivity index (χ3n) is 8.96. The van der Waals surface area contributed by atoms with Crippen molar-refractivity contribution < 1.29 is 34.4 Å². The average Bonchev–Trinajstić information content (AvgIpc) is 3.90. The van der Waals surface area contributed by atoms with Crippen LogP contribution in [0.25, 0.3) is 55.9 Å². The maximum Gasteiger partial charge on any atom is 0.158 e. The number of aliphatic hydroxyl groups excluding tert-OH is 1. The zero-order chi connectivity index (χ0) is 35.4. The first-order valence-corrected chi connectivity index (χ1v) is 17.4. The first kappa shape index (κ1) is 37.3. The molecule has 7 aromatic rings. The molecular weight excluding hydrogens is 811 g/mol. The van der Waals surface area contributed by atoms with E-state index in [4.69, 9.17) is 14.5 Å². The first-order chi connectivity index (χ1) is 24.2. The Morgan fingerprint density at radius 3 is 2.10 bits per heavy atom. The van der Waals surface area contributed by atoms with Crippen molar-refractivity contribution in [3.8, 4) is 33.9 Å². The number of benzene rings is 4. The quantitative estimate of drug-likeness (QED) is 0.0892. The summed E-state index contributed by atoms with van der Waals surface area (Å²) >= 11 is 0.